The van der Waals surface area contributed by atoms with Gasteiger partial charge in [0.05, 0.1) is 6.20 Å². The molecule has 6 nitrogen and oxygen atoms in total. The molecule has 3 aromatic rings. The van der Waals surface area contributed by atoms with E-state index >= 15 is 0 Å². The quantitative estimate of drug-likeness (QED) is 0.542. The maximum atomic E-state index is 13.0. The summed E-state index contributed by atoms with van der Waals surface area (Å²) < 4.78 is 2.25. The van der Waals surface area contributed by atoms with Crippen LogP contribution in [0.1, 0.15) is 42.8 Å². The average Bonchev–Trinajstić information content (AvgIpc) is 3.45. The lowest BCUT2D eigenvalue weighted by atomic mass is 10.1. The van der Waals surface area contributed by atoms with E-state index in [0.29, 0.717) is 4.88 Å². The Morgan fingerprint density at radius 2 is 1.97 bits per heavy atom. The van der Waals surface area contributed by atoms with Crippen molar-refractivity contribution in [2.75, 3.05) is 37.6 Å². The number of anilines is 1. The van der Waals surface area contributed by atoms with Crippen LogP contribution < -0.4 is 10.2 Å². The molecule has 0 aliphatic carbocycles. The number of thiazole rings is 1. The summed E-state index contributed by atoms with van der Waals surface area (Å²) in [5.41, 5.74) is 1.21. The Labute approximate surface area is 188 Å². The maximum absolute atomic E-state index is 13.0. The van der Waals surface area contributed by atoms with Crippen molar-refractivity contribution >= 4 is 33.3 Å². The number of unbranched alkanes of at least 4 members (excludes halogenated alkanes) is 1. The third kappa shape index (κ3) is 5.28. The number of piperazine rings is 1. The number of likely N-dealkylation sites (N-methyl/N-ethyl adjacent to an activating group) is 1. The molecule has 1 N–H and O–H groups in total. The van der Waals surface area contributed by atoms with E-state index in [9.17, 15) is 4.79 Å². The predicted molar refractivity (Wildman–Crippen MR) is 129 cm³/mol. The Morgan fingerprint density at radius 1 is 1.16 bits per heavy atom. The van der Waals surface area contributed by atoms with Crippen LogP contribution in [-0.4, -0.2) is 59.1 Å². The van der Waals surface area contributed by atoms with Gasteiger partial charge in [-0.2, -0.15) is 0 Å². The first kappa shape index (κ1) is 21.8. The number of nitrogens with zero attached hydrogens (tertiary/aromatic N) is 4. The number of aromatic nitrogens is 2. The summed E-state index contributed by atoms with van der Waals surface area (Å²) >= 11 is 1.51. The molecule has 3 heterocycles. The zero-order valence-corrected chi connectivity index (χ0v) is 19.4. The fourth-order valence-electron chi connectivity index (χ4n) is 4.22. The van der Waals surface area contributed by atoms with Crippen LogP contribution >= 0.6 is 11.3 Å². The number of para-hydroxylation sites is 1. The van der Waals surface area contributed by atoms with Crippen LogP contribution in [0, 0.1) is 0 Å². The van der Waals surface area contributed by atoms with Crippen molar-refractivity contribution in [3.05, 3.63) is 47.6 Å². The molecule has 1 saturated heterocycles. The smallest absolute Gasteiger partial charge is 0.263 e. The van der Waals surface area contributed by atoms with E-state index in [1.54, 1.807) is 6.20 Å². The number of rotatable bonds is 9. The van der Waals surface area contributed by atoms with Gasteiger partial charge in [0, 0.05) is 50.5 Å². The molecule has 0 radical (unpaired) electrons. The van der Waals surface area contributed by atoms with E-state index in [4.69, 9.17) is 0 Å². The highest BCUT2D eigenvalue weighted by Crippen LogP contribution is 2.24. The third-order valence-corrected chi connectivity index (χ3v) is 7.20. The lowest BCUT2D eigenvalue weighted by Gasteiger charge is -2.33. The van der Waals surface area contributed by atoms with Gasteiger partial charge in [0.15, 0.2) is 5.13 Å². The molecule has 4 rings (SSSR count). The van der Waals surface area contributed by atoms with Gasteiger partial charge in [-0.3, -0.25) is 4.79 Å². The van der Waals surface area contributed by atoms with Gasteiger partial charge < -0.3 is 19.7 Å². The number of nitrogens with one attached hydrogen (secondary N) is 1. The van der Waals surface area contributed by atoms with E-state index in [1.165, 1.54) is 22.2 Å². The Hall–Kier alpha value is -2.38. The minimum absolute atomic E-state index is 0.00601. The molecular formula is C24H33N5OS. The molecule has 166 valence electrons. The van der Waals surface area contributed by atoms with Crippen LogP contribution in [0.5, 0.6) is 0 Å². The molecule has 1 fully saturated rings. The highest BCUT2D eigenvalue weighted by molar-refractivity contribution is 7.17. The Kier molecular flexibility index (Phi) is 7.25. The Bertz CT molecular complexity index is 989. The first-order chi connectivity index (χ1) is 15.2. The lowest BCUT2D eigenvalue weighted by Crippen LogP contribution is -2.46. The van der Waals surface area contributed by atoms with Crippen LogP contribution in [0.2, 0.25) is 0 Å². The third-order valence-electron chi connectivity index (χ3n) is 6.15. The fourth-order valence-corrected chi connectivity index (χ4v) is 5.10. The Morgan fingerprint density at radius 3 is 2.74 bits per heavy atom. The summed E-state index contributed by atoms with van der Waals surface area (Å²) in [6.45, 7) is 10.3. The van der Waals surface area contributed by atoms with Gasteiger partial charge in [-0.1, -0.05) is 56.2 Å². The SMILES string of the molecule is CCCCC(Cn1ccc2ccccc21)NC(=O)c1cnc(N2CCN(CC)CC2)s1. The highest BCUT2D eigenvalue weighted by Gasteiger charge is 2.21. The van der Waals surface area contributed by atoms with Crippen molar-refractivity contribution < 1.29 is 4.79 Å². The molecule has 0 bridgehead atoms. The molecule has 1 aromatic carbocycles. The standard InChI is InChI=1S/C24H33N5OS/c1-3-5-9-20(18-29-12-11-19-8-6-7-10-21(19)29)26-23(30)22-17-25-24(31-22)28-15-13-27(4-2)14-16-28/h6-8,10-12,17,20H,3-5,9,13-16,18H2,1-2H3,(H,26,30). The predicted octanol–water partition coefficient (Wildman–Crippen LogP) is 4.23. The molecule has 1 atom stereocenters. The van der Waals surface area contributed by atoms with Crippen LogP contribution in [-0.2, 0) is 6.54 Å². The van der Waals surface area contributed by atoms with Crippen LogP contribution in [0.15, 0.2) is 42.7 Å². The van der Waals surface area contributed by atoms with Crippen molar-refractivity contribution in [2.24, 2.45) is 0 Å². The molecule has 1 unspecified atom stereocenters. The number of hydrogen-bond acceptors (Lipinski definition) is 5. The Balaban J connectivity index is 1.41. The van der Waals surface area contributed by atoms with Crippen molar-refractivity contribution in [2.45, 2.75) is 45.7 Å². The van der Waals surface area contributed by atoms with E-state index in [2.05, 4.69) is 75.0 Å². The van der Waals surface area contributed by atoms with Crippen LogP contribution in [0.3, 0.4) is 0 Å². The van der Waals surface area contributed by atoms with Gasteiger partial charge in [-0.15, -0.1) is 0 Å². The van der Waals surface area contributed by atoms with Crippen LogP contribution in [0.25, 0.3) is 10.9 Å². The van der Waals surface area contributed by atoms with Gasteiger partial charge in [0.25, 0.3) is 5.91 Å². The number of carbonyl (C=O) groups is 1. The van der Waals surface area contributed by atoms with Crippen molar-refractivity contribution in [3.63, 3.8) is 0 Å². The minimum atomic E-state index is -0.00601. The zero-order valence-electron chi connectivity index (χ0n) is 18.6. The van der Waals surface area contributed by atoms with Gasteiger partial charge in [0.2, 0.25) is 0 Å². The zero-order chi connectivity index (χ0) is 21.6. The lowest BCUT2D eigenvalue weighted by molar-refractivity contribution is 0.0934. The maximum Gasteiger partial charge on any atom is 0.263 e. The van der Waals surface area contributed by atoms with Gasteiger partial charge >= 0.3 is 0 Å². The van der Waals surface area contributed by atoms with Crippen molar-refractivity contribution in [1.29, 1.82) is 0 Å². The summed E-state index contributed by atoms with van der Waals surface area (Å²) in [6.07, 6.45) is 7.05. The number of benzene rings is 1. The second-order valence-corrected chi connectivity index (χ2v) is 9.28. The molecular weight excluding hydrogens is 406 g/mol. The average molecular weight is 440 g/mol. The highest BCUT2D eigenvalue weighted by atomic mass is 32.1. The normalized spacial score (nSPS) is 16.0. The van der Waals surface area contributed by atoms with Gasteiger partial charge in [0.1, 0.15) is 4.88 Å². The summed E-state index contributed by atoms with van der Waals surface area (Å²) in [4.78, 5) is 23.0. The van der Waals surface area contributed by atoms with Gasteiger partial charge in [-0.05, 0) is 30.5 Å². The van der Waals surface area contributed by atoms with E-state index < -0.39 is 0 Å². The van der Waals surface area contributed by atoms with Gasteiger partial charge in [-0.25, -0.2) is 4.98 Å². The first-order valence-corrected chi connectivity index (χ1v) is 12.3. The van der Waals surface area contributed by atoms with E-state index in [-0.39, 0.29) is 11.9 Å². The van der Waals surface area contributed by atoms with E-state index in [1.807, 2.05) is 0 Å². The monoisotopic (exact) mass is 439 g/mol. The molecule has 0 spiro atoms. The molecule has 1 aliphatic heterocycles. The van der Waals surface area contributed by atoms with Crippen LogP contribution in [0.4, 0.5) is 5.13 Å². The molecule has 1 aliphatic rings. The topological polar surface area (TPSA) is 53.4 Å². The summed E-state index contributed by atoms with van der Waals surface area (Å²) in [7, 11) is 0. The minimum Gasteiger partial charge on any atom is -0.347 e. The number of hydrogen-bond donors (Lipinski definition) is 1. The molecule has 1 amide bonds. The fraction of sp³-hybridized carbons (Fsp3) is 0.500. The molecule has 0 saturated carbocycles. The number of fused-ring (bicyclic) bond motifs is 1. The van der Waals surface area contributed by atoms with Crippen molar-refractivity contribution in [3.8, 4) is 0 Å². The largest absolute Gasteiger partial charge is 0.347 e. The van der Waals surface area contributed by atoms with E-state index in [0.717, 1.165) is 63.7 Å². The molecule has 2 aromatic heterocycles. The molecule has 7 heteroatoms. The second-order valence-electron chi connectivity index (χ2n) is 8.27. The second kappa shape index (κ2) is 10.3. The number of carbonyl (C=O) groups excluding carboxylic acids is 1. The van der Waals surface area contributed by atoms with Crippen molar-refractivity contribution in [1.82, 2.24) is 19.8 Å². The first-order valence-electron chi connectivity index (χ1n) is 11.5. The molecule has 31 heavy (non-hydrogen) atoms. The number of amides is 1. The summed E-state index contributed by atoms with van der Waals surface area (Å²) in [6, 6.07) is 10.6. The summed E-state index contributed by atoms with van der Waals surface area (Å²) in [5.74, 6) is -0.00601. The summed E-state index contributed by atoms with van der Waals surface area (Å²) in [5, 5.41) is 5.48.